The van der Waals surface area contributed by atoms with Crippen LogP contribution < -0.4 is 9.62 Å². The van der Waals surface area contributed by atoms with Crippen LogP contribution in [0.15, 0.2) is 47.4 Å². The molecular formula is C20H22ClF2N3O4S. The van der Waals surface area contributed by atoms with Gasteiger partial charge < -0.3 is 15.3 Å². The summed E-state index contributed by atoms with van der Waals surface area (Å²) < 4.78 is 56.5. The summed E-state index contributed by atoms with van der Waals surface area (Å²) in [5.74, 6) is -1.69. The van der Waals surface area contributed by atoms with Crippen LogP contribution in [0.25, 0.3) is 0 Å². The summed E-state index contributed by atoms with van der Waals surface area (Å²) in [6.45, 7) is 0.147. The lowest BCUT2D eigenvalue weighted by Crippen LogP contribution is -2.54. The number of hydrogen-bond acceptors (Lipinski definition) is 4. The normalized spacial score (nSPS) is 16.8. The standard InChI is InChI=1S/C20H22ClF2N3O4S/c21-14-3-6-17(7-4-14)31(29,30)26(19-12-15(22)5-8-18(19)23)16-2-1-10-25(13-16)20(28)24-9-11-27/h3-8,12,16,27H,1-2,9-11,13H2,(H,24,28). The number of carbonyl (C=O) groups is 1. The number of hydrogen-bond donors (Lipinski definition) is 2. The van der Waals surface area contributed by atoms with Gasteiger partial charge in [0.1, 0.15) is 11.6 Å². The zero-order valence-corrected chi connectivity index (χ0v) is 18.0. The van der Waals surface area contributed by atoms with Crippen LogP contribution in [-0.2, 0) is 10.0 Å². The lowest BCUT2D eigenvalue weighted by atomic mass is 10.1. The smallest absolute Gasteiger partial charge is 0.317 e. The molecule has 1 unspecified atom stereocenters. The van der Waals surface area contributed by atoms with Gasteiger partial charge in [-0.3, -0.25) is 4.31 Å². The van der Waals surface area contributed by atoms with E-state index in [2.05, 4.69) is 5.32 Å². The molecule has 1 fully saturated rings. The number of amides is 2. The topological polar surface area (TPSA) is 89.9 Å². The van der Waals surface area contributed by atoms with E-state index in [1.54, 1.807) is 0 Å². The number of nitrogens with zero attached hydrogens (tertiary/aromatic N) is 2. The molecule has 168 valence electrons. The van der Waals surface area contributed by atoms with Crippen LogP contribution in [0.2, 0.25) is 5.02 Å². The monoisotopic (exact) mass is 473 g/mol. The van der Waals surface area contributed by atoms with Crippen molar-refractivity contribution in [2.24, 2.45) is 0 Å². The Morgan fingerprint density at radius 1 is 1.23 bits per heavy atom. The highest BCUT2D eigenvalue weighted by Gasteiger charge is 2.37. The van der Waals surface area contributed by atoms with Gasteiger partial charge in [-0.2, -0.15) is 0 Å². The number of aliphatic hydroxyl groups is 1. The van der Waals surface area contributed by atoms with Gasteiger partial charge in [0.25, 0.3) is 10.0 Å². The molecule has 31 heavy (non-hydrogen) atoms. The van der Waals surface area contributed by atoms with Crippen molar-refractivity contribution in [2.45, 2.75) is 23.8 Å². The van der Waals surface area contributed by atoms with Crippen LogP contribution in [0.3, 0.4) is 0 Å². The highest BCUT2D eigenvalue weighted by atomic mass is 35.5. The van der Waals surface area contributed by atoms with Crippen molar-refractivity contribution in [2.75, 3.05) is 30.5 Å². The van der Waals surface area contributed by atoms with Gasteiger partial charge in [0, 0.05) is 30.7 Å². The number of sulfonamides is 1. The van der Waals surface area contributed by atoms with Crippen molar-refractivity contribution in [3.05, 3.63) is 59.1 Å². The van der Waals surface area contributed by atoms with Gasteiger partial charge in [-0.15, -0.1) is 0 Å². The van der Waals surface area contributed by atoms with Crippen LogP contribution in [0.4, 0.5) is 19.3 Å². The maximum absolute atomic E-state index is 14.7. The SMILES string of the molecule is O=C(NCCO)N1CCCC(N(c2cc(F)ccc2F)S(=O)(=O)c2ccc(Cl)cc2)C1. The van der Waals surface area contributed by atoms with Crippen molar-refractivity contribution < 1.29 is 27.1 Å². The molecule has 0 saturated carbocycles. The van der Waals surface area contributed by atoms with Gasteiger partial charge in [-0.1, -0.05) is 11.6 Å². The number of rotatable bonds is 6. The predicted octanol–water partition coefficient (Wildman–Crippen LogP) is 2.98. The van der Waals surface area contributed by atoms with Crippen LogP contribution in [0.1, 0.15) is 12.8 Å². The molecule has 2 amide bonds. The molecule has 0 bridgehead atoms. The van der Waals surface area contributed by atoms with Crippen LogP contribution in [-0.4, -0.2) is 56.7 Å². The van der Waals surface area contributed by atoms with Gasteiger partial charge >= 0.3 is 6.03 Å². The summed E-state index contributed by atoms with van der Waals surface area (Å²) in [5, 5.41) is 11.7. The third kappa shape index (κ3) is 5.25. The maximum Gasteiger partial charge on any atom is 0.317 e. The fraction of sp³-hybridized carbons (Fsp3) is 0.350. The molecule has 1 saturated heterocycles. The molecule has 3 rings (SSSR count). The third-order valence-corrected chi connectivity index (χ3v) is 7.05. The number of nitrogens with one attached hydrogen (secondary N) is 1. The average Bonchev–Trinajstić information content (AvgIpc) is 2.75. The molecule has 0 spiro atoms. The lowest BCUT2D eigenvalue weighted by Gasteiger charge is -2.39. The molecular weight excluding hydrogens is 452 g/mol. The molecule has 2 N–H and O–H groups in total. The third-order valence-electron chi connectivity index (χ3n) is 4.92. The van der Waals surface area contributed by atoms with E-state index in [-0.39, 0.29) is 24.6 Å². The Hall–Kier alpha value is -2.43. The van der Waals surface area contributed by atoms with E-state index < -0.39 is 39.4 Å². The number of likely N-dealkylation sites (tertiary alicyclic amines) is 1. The quantitative estimate of drug-likeness (QED) is 0.675. The molecule has 1 aliphatic heterocycles. The minimum absolute atomic E-state index is 0.0277. The molecule has 0 radical (unpaired) electrons. The molecule has 0 aromatic heterocycles. The van der Waals surface area contributed by atoms with E-state index >= 15 is 0 Å². The van der Waals surface area contributed by atoms with Crippen molar-refractivity contribution >= 4 is 33.3 Å². The van der Waals surface area contributed by atoms with Crippen molar-refractivity contribution in [3.8, 4) is 0 Å². The Bertz CT molecular complexity index is 1040. The first-order valence-electron chi connectivity index (χ1n) is 9.62. The summed E-state index contributed by atoms with van der Waals surface area (Å²) in [6.07, 6.45) is 0.799. The van der Waals surface area contributed by atoms with Crippen LogP contribution in [0.5, 0.6) is 0 Å². The summed E-state index contributed by atoms with van der Waals surface area (Å²) in [7, 11) is -4.31. The summed E-state index contributed by atoms with van der Waals surface area (Å²) in [6, 6.07) is 6.66. The van der Waals surface area contributed by atoms with Crippen molar-refractivity contribution in [1.29, 1.82) is 0 Å². The van der Waals surface area contributed by atoms with E-state index in [9.17, 15) is 22.0 Å². The molecule has 0 aliphatic carbocycles. The summed E-state index contributed by atoms with van der Waals surface area (Å²) in [4.78, 5) is 13.6. The first-order chi connectivity index (χ1) is 14.7. The number of aliphatic hydroxyl groups excluding tert-OH is 1. The van der Waals surface area contributed by atoms with Gasteiger partial charge in [0.15, 0.2) is 0 Å². The number of piperidine rings is 1. The highest BCUT2D eigenvalue weighted by Crippen LogP contribution is 2.32. The first kappa shape index (κ1) is 23.2. The number of benzene rings is 2. The lowest BCUT2D eigenvalue weighted by molar-refractivity contribution is 0.177. The second-order valence-electron chi connectivity index (χ2n) is 7.05. The molecule has 1 atom stereocenters. The van der Waals surface area contributed by atoms with Gasteiger partial charge in [-0.05, 0) is 49.2 Å². The van der Waals surface area contributed by atoms with E-state index in [0.29, 0.717) is 24.4 Å². The van der Waals surface area contributed by atoms with E-state index in [4.69, 9.17) is 16.7 Å². The first-order valence-corrected chi connectivity index (χ1v) is 11.4. The maximum atomic E-state index is 14.7. The molecule has 11 heteroatoms. The second kappa shape index (κ2) is 9.80. The van der Waals surface area contributed by atoms with Gasteiger partial charge in [0.2, 0.25) is 0 Å². The zero-order valence-electron chi connectivity index (χ0n) is 16.5. The Kier molecular flexibility index (Phi) is 7.34. The Labute approximate surface area is 184 Å². The summed E-state index contributed by atoms with van der Waals surface area (Å²) >= 11 is 5.86. The van der Waals surface area contributed by atoms with Crippen molar-refractivity contribution in [1.82, 2.24) is 10.2 Å². The average molecular weight is 474 g/mol. The Morgan fingerprint density at radius 2 is 1.94 bits per heavy atom. The molecule has 1 heterocycles. The number of carbonyl (C=O) groups excluding carboxylic acids is 1. The van der Waals surface area contributed by atoms with Gasteiger partial charge in [-0.25, -0.2) is 22.0 Å². The minimum atomic E-state index is -4.31. The van der Waals surface area contributed by atoms with E-state index in [1.165, 1.54) is 29.2 Å². The molecule has 2 aromatic carbocycles. The fourth-order valence-corrected chi connectivity index (χ4v) is 5.30. The summed E-state index contributed by atoms with van der Waals surface area (Å²) in [5.41, 5.74) is -0.433. The van der Waals surface area contributed by atoms with E-state index in [0.717, 1.165) is 22.5 Å². The van der Waals surface area contributed by atoms with E-state index in [1.807, 2.05) is 0 Å². The molecule has 1 aliphatic rings. The number of urea groups is 1. The Balaban J connectivity index is 2.03. The largest absolute Gasteiger partial charge is 0.395 e. The van der Waals surface area contributed by atoms with Crippen LogP contribution in [0, 0.1) is 11.6 Å². The molecule has 7 nitrogen and oxygen atoms in total. The Morgan fingerprint density at radius 3 is 2.61 bits per heavy atom. The predicted molar refractivity (Wildman–Crippen MR) is 113 cm³/mol. The van der Waals surface area contributed by atoms with Crippen LogP contribution >= 0.6 is 11.6 Å². The zero-order chi connectivity index (χ0) is 22.6. The van der Waals surface area contributed by atoms with Gasteiger partial charge in [0.05, 0.1) is 23.2 Å². The fourth-order valence-electron chi connectivity index (χ4n) is 3.50. The molecule has 2 aromatic rings. The highest BCUT2D eigenvalue weighted by molar-refractivity contribution is 7.92. The van der Waals surface area contributed by atoms with Crippen molar-refractivity contribution in [3.63, 3.8) is 0 Å². The number of halogens is 3. The minimum Gasteiger partial charge on any atom is -0.395 e. The number of anilines is 1. The second-order valence-corrected chi connectivity index (χ2v) is 9.30.